The maximum atomic E-state index is 13.7. The Morgan fingerprint density at radius 2 is 0.653 bits per heavy atom. The average Bonchev–Trinajstić information content (AvgIpc) is 1.57. The van der Waals surface area contributed by atoms with Crippen LogP contribution in [0, 0.1) is 35.5 Å². The molecule has 0 aromatic heterocycles. The lowest BCUT2D eigenvalue weighted by atomic mass is 9.74. The molecule has 118 heavy (non-hydrogen) atoms. The van der Waals surface area contributed by atoms with Crippen LogP contribution >= 0.6 is 0 Å². The molecule has 2 aliphatic carbocycles. The minimum absolute atomic E-state index is 0.0248. The molecule has 8 aliphatic rings. The van der Waals surface area contributed by atoms with Gasteiger partial charge in [-0.1, -0.05) is 150 Å². The number of methoxy groups -OCH3 is 4. The minimum Gasteiger partial charge on any atom is -0.453 e. The highest BCUT2D eigenvalue weighted by Crippen LogP contribution is 2.42. The Labute approximate surface area is 691 Å². The lowest BCUT2D eigenvalue weighted by Gasteiger charge is -2.36. The Morgan fingerprint density at radius 1 is 0.356 bits per heavy atom. The number of carbonyl (C=O) groups excluding carboxylic acids is 8. The zero-order valence-corrected chi connectivity index (χ0v) is 70.0. The second kappa shape index (κ2) is 37.8. The summed E-state index contributed by atoms with van der Waals surface area (Å²) in [7, 11) is 5.20. The number of allylic oxidation sites excluding steroid dienone is 4. The predicted octanol–water partition coefficient (Wildman–Crippen LogP) is 17.1. The Morgan fingerprint density at radius 3 is 0.992 bits per heavy atom. The van der Waals surface area contributed by atoms with Gasteiger partial charge < -0.3 is 39.4 Å². The average molecular weight is 1600 g/mol. The van der Waals surface area contributed by atoms with E-state index in [0.717, 1.165) is 188 Å². The molecule has 14 rings (SSSR count). The van der Waals surface area contributed by atoms with Gasteiger partial charge in [0.15, 0.2) is 0 Å². The number of fused-ring (bicyclic) bond motifs is 2. The van der Waals surface area contributed by atoms with E-state index in [0.29, 0.717) is 38.8 Å². The van der Waals surface area contributed by atoms with Gasteiger partial charge in [0.2, 0.25) is 23.6 Å². The molecule has 620 valence electrons. The molecule has 24 nitrogen and oxygen atoms in total. The monoisotopic (exact) mass is 1600 g/mol. The number of hydrogen-bond acceptors (Lipinski definition) is 16. The van der Waals surface area contributed by atoms with Gasteiger partial charge in [-0.3, -0.25) is 39.1 Å². The van der Waals surface area contributed by atoms with Crippen molar-refractivity contribution in [1.29, 1.82) is 0 Å². The minimum atomic E-state index is -0.658. The zero-order chi connectivity index (χ0) is 83.6. The summed E-state index contributed by atoms with van der Waals surface area (Å²) < 4.78 is 19.1. The number of alkyl carbamates (subject to hydrolysis) is 2. The molecule has 4 N–H and O–H groups in total. The molecule has 0 radical (unpaired) electrons. The maximum Gasteiger partial charge on any atom is 0.425 e. The third-order valence-electron chi connectivity index (χ3n) is 24.6. The van der Waals surface area contributed by atoms with E-state index in [2.05, 4.69) is 143 Å². The van der Waals surface area contributed by atoms with Crippen LogP contribution in [0.2, 0.25) is 0 Å². The van der Waals surface area contributed by atoms with Gasteiger partial charge in [-0.2, -0.15) is 0 Å². The molecule has 24 heteroatoms. The SMILES string of the molecule is COC(=O)N[C@H](C(=O)N1CCC[C@H]1C1=NC=C(c2ccc3cc(-c4ccc(C5=CN=C([C@@H]6CCCC[C@@H]6C(=O)N(NC(=O)OC)C(C)C)C5)cc4)ccc3c2)C1)C(C)C.COC(=O)N[C@H](C(=O)N1CCC[C@H]1C1=NC=C(c2ccc3cc(-c4ccc(C5=CN=C([C@H]6CCCC[C@H]6C(=O)N(NC(=O)OC)C(C)C)C5)cc4)ccc3c2)C1)C(C)C. The summed E-state index contributed by atoms with van der Waals surface area (Å²) in [6, 6.07) is 41.5. The van der Waals surface area contributed by atoms with E-state index >= 15 is 0 Å². The van der Waals surface area contributed by atoms with Crippen molar-refractivity contribution in [1.82, 2.24) is 41.3 Å². The second-order valence-corrected chi connectivity index (χ2v) is 33.4. The fourth-order valence-corrected chi connectivity index (χ4v) is 18.0. The molecule has 2 saturated heterocycles. The van der Waals surface area contributed by atoms with Gasteiger partial charge in [0, 0.05) is 122 Å². The number of likely N-dealkylation sites (tertiary alicyclic amines) is 2. The molecule has 0 spiro atoms. The first-order chi connectivity index (χ1) is 56.9. The zero-order valence-electron chi connectivity index (χ0n) is 70.0. The smallest absolute Gasteiger partial charge is 0.425 e. The van der Waals surface area contributed by atoms with Crippen LogP contribution in [0.5, 0.6) is 0 Å². The van der Waals surface area contributed by atoms with Crippen LogP contribution in [0.25, 0.3) is 66.1 Å². The molecule has 0 bridgehead atoms. The standard InChI is InChI=1S/2C47H56N6O6/c2*1-28(2)43(50-46(56)58-5)45(55)52-21-9-12-42(52)41-25-37(27-49-41)35-20-19-33-22-32(17-18-34(33)23-35)30-13-15-31(16-14-30)36-24-40(48-26-36)38-10-7-8-11-39(38)44(54)53(29(3)4)51-47(57)59-6/h2*13-20,22-23,26-29,38-39,42-43H,7-12,21,24-25H2,1-6H3,(H,50,56)(H,51,57)/t38-,39+,42+,43+;38-,39+,42-,43-/m10/s1. The number of aliphatic imine (C=N–C) groups is 4. The number of ether oxygens (including phenoxy) is 4. The van der Waals surface area contributed by atoms with Crippen LogP contribution in [0.1, 0.15) is 180 Å². The third kappa shape index (κ3) is 19.0. The van der Waals surface area contributed by atoms with Crippen LogP contribution in [0.15, 0.2) is 166 Å². The third-order valence-corrected chi connectivity index (χ3v) is 24.6. The van der Waals surface area contributed by atoms with Crippen molar-refractivity contribution >= 4 is 115 Å². The van der Waals surface area contributed by atoms with Gasteiger partial charge in [0.25, 0.3) is 0 Å². The maximum absolute atomic E-state index is 13.7. The first-order valence-electron chi connectivity index (χ1n) is 41.9. The summed E-state index contributed by atoms with van der Waals surface area (Å²) in [4.78, 5) is 126. The van der Waals surface area contributed by atoms with Crippen LogP contribution < -0.4 is 21.5 Å². The summed E-state index contributed by atoms with van der Waals surface area (Å²) in [5.74, 6) is -0.972. The molecule has 6 heterocycles. The highest BCUT2D eigenvalue weighted by atomic mass is 16.6. The quantitative estimate of drug-likeness (QED) is 0.0410. The summed E-state index contributed by atoms with van der Waals surface area (Å²) >= 11 is 0. The van der Waals surface area contributed by atoms with Gasteiger partial charge in [-0.15, -0.1) is 0 Å². The highest BCUT2D eigenvalue weighted by Gasteiger charge is 2.44. The van der Waals surface area contributed by atoms with E-state index in [1.54, 1.807) is 0 Å². The number of hydrogen-bond donors (Lipinski definition) is 4. The van der Waals surface area contributed by atoms with E-state index in [9.17, 15) is 38.4 Å². The van der Waals surface area contributed by atoms with Crippen LogP contribution in [0.4, 0.5) is 19.2 Å². The lowest BCUT2D eigenvalue weighted by molar-refractivity contribution is -0.143. The van der Waals surface area contributed by atoms with Crippen molar-refractivity contribution in [2.24, 2.45) is 55.5 Å². The first kappa shape index (κ1) is 84.4. The molecule has 6 aliphatic heterocycles. The summed E-state index contributed by atoms with van der Waals surface area (Å²) in [5.41, 5.74) is 22.8. The van der Waals surface area contributed by atoms with E-state index in [4.69, 9.17) is 38.9 Å². The molecule has 2 saturated carbocycles. The van der Waals surface area contributed by atoms with E-state index < -0.39 is 36.5 Å². The van der Waals surface area contributed by atoms with Crippen molar-refractivity contribution in [3.63, 3.8) is 0 Å². The number of carbonyl (C=O) groups is 8. The van der Waals surface area contributed by atoms with Crippen molar-refractivity contribution in [2.75, 3.05) is 41.5 Å². The number of amides is 8. The van der Waals surface area contributed by atoms with Gasteiger partial charge in [-0.05, 0) is 204 Å². The van der Waals surface area contributed by atoms with Crippen molar-refractivity contribution in [3.05, 3.63) is 168 Å². The molecule has 6 aromatic carbocycles. The lowest BCUT2D eigenvalue weighted by Crippen LogP contribution is -2.54. The predicted molar refractivity (Wildman–Crippen MR) is 463 cm³/mol. The number of rotatable bonds is 20. The summed E-state index contributed by atoms with van der Waals surface area (Å²) in [6.07, 6.45) is 18.9. The van der Waals surface area contributed by atoms with Gasteiger partial charge in [0.1, 0.15) is 12.1 Å². The van der Waals surface area contributed by atoms with Gasteiger partial charge >= 0.3 is 24.4 Å². The van der Waals surface area contributed by atoms with Gasteiger partial charge in [-0.25, -0.2) is 40.0 Å². The molecular weight excluding hydrogens is 1490 g/mol. The Hall–Kier alpha value is -11.6. The van der Waals surface area contributed by atoms with Crippen molar-refractivity contribution in [3.8, 4) is 22.3 Å². The second-order valence-electron chi connectivity index (χ2n) is 33.4. The van der Waals surface area contributed by atoms with Crippen LogP contribution in [-0.2, 0) is 38.1 Å². The molecule has 4 fully saturated rings. The fourth-order valence-electron chi connectivity index (χ4n) is 18.0. The molecule has 8 amide bonds. The highest BCUT2D eigenvalue weighted by molar-refractivity contribution is 6.08. The Bertz CT molecular complexity index is 4760. The van der Waals surface area contributed by atoms with E-state index in [1.807, 2.05) is 90.0 Å². The van der Waals surface area contributed by atoms with Crippen molar-refractivity contribution < 1.29 is 57.3 Å². The van der Waals surface area contributed by atoms with Gasteiger partial charge in [0.05, 0.1) is 40.5 Å². The number of nitrogens with one attached hydrogen (secondary N) is 4. The number of hydrazine groups is 2. The van der Waals surface area contributed by atoms with Crippen LogP contribution in [0.3, 0.4) is 0 Å². The Balaban J connectivity index is 0.000000205. The fraction of sp³-hybridized carbons (Fsp3) is 0.447. The van der Waals surface area contributed by atoms with E-state index in [1.165, 1.54) is 38.5 Å². The first-order valence-corrected chi connectivity index (χ1v) is 41.9. The molecule has 8 atom stereocenters. The summed E-state index contributed by atoms with van der Waals surface area (Å²) in [5, 5.41) is 12.8. The largest absolute Gasteiger partial charge is 0.453 e. The topological polar surface area (TPSA) is 284 Å². The molecule has 6 aromatic rings. The normalized spacial score (nSPS) is 20.8. The van der Waals surface area contributed by atoms with Crippen LogP contribution in [-0.4, -0.2) is 168 Å². The summed E-state index contributed by atoms with van der Waals surface area (Å²) in [6.45, 7) is 16.5. The molecule has 0 unspecified atom stereocenters. The number of nitrogens with zero attached hydrogens (tertiary/aromatic N) is 8. The van der Waals surface area contributed by atoms with E-state index in [-0.39, 0.29) is 83.3 Å². The molecular formula is C94H112N12O12. The Kier molecular flexibility index (Phi) is 27.0. The van der Waals surface area contributed by atoms with Crippen molar-refractivity contribution in [2.45, 2.75) is 194 Å². The number of benzene rings is 6.